The maximum absolute atomic E-state index is 3.41. The van der Waals surface area contributed by atoms with E-state index >= 15 is 0 Å². The van der Waals surface area contributed by atoms with Gasteiger partial charge in [-0.05, 0) is 16.8 Å². The molecule has 0 nitrogen and oxygen atoms in total. The molecule has 0 bridgehead atoms. The number of halogens is 3. The van der Waals surface area contributed by atoms with Crippen LogP contribution in [0, 0.1) is 0 Å². The monoisotopic (exact) mass is 332 g/mol. The summed E-state index contributed by atoms with van der Waals surface area (Å²) in [5, 5.41) is 4.10. The lowest BCUT2D eigenvalue weighted by atomic mass is 10.4. The van der Waals surface area contributed by atoms with Crippen LogP contribution in [0.15, 0.2) is 16.8 Å². The zero-order valence-corrected chi connectivity index (χ0v) is 9.85. The predicted molar refractivity (Wildman–Crippen MR) is 52.8 cm³/mol. The van der Waals surface area contributed by atoms with E-state index in [-0.39, 0.29) is 2.14 Å². The second kappa shape index (κ2) is 3.03. The Balaban J connectivity index is 2.90. The Morgan fingerprint density at radius 3 is 2.22 bits per heavy atom. The van der Waals surface area contributed by atoms with E-state index in [1.165, 1.54) is 5.56 Å². The molecule has 0 saturated carbocycles. The van der Waals surface area contributed by atoms with E-state index in [1.807, 2.05) is 11.4 Å². The minimum Gasteiger partial charge on any atom is -0.152 e. The third kappa shape index (κ3) is 2.33. The molecule has 1 aromatic heterocycles. The number of thiophene rings is 1. The first kappa shape index (κ1) is 8.24. The van der Waals surface area contributed by atoms with Crippen molar-refractivity contribution in [2.75, 3.05) is 0 Å². The summed E-state index contributed by atoms with van der Waals surface area (Å²) >= 11 is 11.9. The molecule has 50 valence electrons. The highest BCUT2D eigenvalue weighted by Crippen LogP contribution is 2.44. The van der Waals surface area contributed by atoms with Gasteiger partial charge in [-0.15, -0.1) is 0 Å². The van der Waals surface area contributed by atoms with E-state index in [2.05, 4.69) is 53.2 Å². The Kier molecular flexibility index (Phi) is 2.77. The molecule has 4 heteroatoms. The van der Waals surface area contributed by atoms with Crippen LogP contribution in [0.4, 0.5) is 0 Å². The summed E-state index contributed by atoms with van der Waals surface area (Å²) in [4.78, 5) is 0. The van der Waals surface area contributed by atoms with E-state index in [4.69, 9.17) is 0 Å². The van der Waals surface area contributed by atoms with Crippen LogP contribution < -0.4 is 0 Å². The molecule has 1 rings (SSSR count). The Bertz CT molecular complexity index is 175. The normalized spacial score (nSPS) is 11.9. The van der Waals surface area contributed by atoms with Gasteiger partial charge in [0.2, 0.25) is 0 Å². The van der Waals surface area contributed by atoms with E-state index in [1.54, 1.807) is 11.3 Å². The molecule has 0 saturated heterocycles. The molecule has 0 atom stereocenters. The second-order valence-electron chi connectivity index (χ2n) is 1.51. The highest BCUT2D eigenvalue weighted by atomic mass is 80.0. The molecule has 9 heavy (non-hydrogen) atoms. The Morgan fingerprint density at radius 2 is 2.00 bits per heavy atom. The number of alkyl halides is 3. The van der Waals surface area contributed by atoms with Crippen molar-refractivity contribution >= 4 is 59.1 Å². The zero-order chi connectivity index (χ0) is 6.91. The molecule has 0 fully saturated rings. The van der Waals surface area contributed by atoms with Crippen molar-refractivity contribution in [3.63, 3.8) is 0 Å². The lowest BCUT2D eigenvalue weighted by Gasteiger charge is -2.07. The van der Waals surface area contributed by atoms with Crippen LogP contribution >= 0.6 is 59.1 Å². The van der Waals surface area contributed by atoms with Gasteiger partial charge in [0.05, 0.1) is 0 Å². The van der Waals surface area contributed by atoms with Crippen LogP contribution in [0.1, 0.15) is 5.56 Å². The number of hydrogen-bond donors (Lipinski definition) is 0. The summed E-state index contributed by atoms with van der Waals surface area (Å²) in [5.74, 6) is 0. The largest absolute Gasteiger partial charge is 0.160 e. The SMILES string of the molecule is BrC(Br)(Br)c1ccsc1. The Labute approximate surface area is 83.0 Å². The predicted octanol–water partition coefficient (Wildman–Crippen LogP) is 4.04. The molecular formula is C5H3Br3S. The van der Waals surface area contributed by atoms with Crippen LogP contribution in [0.3, 0.4) is 0 Å². The molecule has 0 unspecified atom stereocenters. The third-order valence-electron chi connectivity index (χ3n) is 0.849. The number of rotatable bonds is 0. The summed E-state index contributed by atoms with van der Waals surface area (Å²) in [5.41, 5.74) is 1.19. The third-order valence-corrected chi connectivity index (χ3v) is 2.91. The molecule has 0 aromatic carbocycles. The van der Waals surface area contributed by atoms with Crippen molar-refractivity contribution in [3.8, 4) is 0 Å². The van der Waals surface area contributed by atoms with Crippen molar-refractivity contribution in [2.45, 2.75) is 2.14 Å². The van der Waals surface area contributed by atoms with Gasteiger partial charge in [0.1, 0.15) is 0 Å². The fourth-order valence-electron chi connectivity index (χ4n) is 0.426. The molecule has 0 amide bonds. The van der Waals surface area contributed by atoms with Crippen LogP contribution in [0.25, 0.3) is 0 Å². The maximum atomic E-state index is 3.41. The van der Waals surface area contributed by atoms with Gasteiger partial charge >= 0.3 is 0 Å². The summed E-state index contributed by atoms with van der Waals surface area (Å²) in [6, 6.07) is 2.04. The first-order valence-electron chi connectivity index (χ1n) is 2.20. The lowest BCUT2D eigenvalue weighted by molar-refractivity contribution is 1.42. The van der Waals surface area contributed by atoms with E-state index in [0.29, 0.717) is 0 Å². The standard InChI is InChI=1S/C5H3Br3S/c6-5(7,8)4-1-2-9-3-4/h1-3H. The van der Waals surface area contributed by atoms with Crippen molar-refractivity contribution < 1.29 is 0 Å². The van der Waals surface area contributed by atoms with Crippen molar-refractivity contribution in [1.29, 1.82) is 0 Å². The summed E-state index contributed by atoms with van der Waals surface area (Å²) in [6.07, 6.45) is 0. The van der Waals surface area contributed by atoms with Gasteiger partial charge in [-0.1, -0.05) is 47.8 Å². The van der Waals surface area contributed by atoms with Gasteiger partial charge in [-0.2, -0.15) is 11.3 Å². The second-order valence-corrected chi connectivity index (χ2v) is 9.05. The average Bonchev–Trinajstić information content (AvgIpc) is 2.08. The smallest absolute Gasteiger partial charge is 0.152 e. The number of hydrogen-bond acceptors (Lipinski definition) is 1. The van der Waals surface area contributed by atoms with E-state index < -0.39 is 0 Å². The molecule has 0 aliphatic heterocycles. The van der Waals surface area contributed by atoms with E-state index in [9.17, 15) is 0 Å². The molecule has 0 radical (unpaired) electrons. The van der Waals surface area contributed by atoms with Crippen LogP contribution in [-0.2, 0) is 2.14 Å². The van der Waals surface area contributed by atoms with Gasteiger partial charge in [-0.25, -0.2) is 0 Å². The first-order chi connectivity index (χ1) is 4.11. The Morgan fingerprint density at radius 1 is 1.33 bits per heavy atom. The van der Waals surface area contributed by atoms with Gasteiger partial charge in [0.25, 0.3) is 0 Å². The molecule has 0 aliphatic carbocycles. The molecule has 0 spiro atoms. The quantitative estimate of drug-likeness (QED) is 0.628. The van der Waals surface area contributed by atoms with Gasteiger partial charge in [0.15, 0.2) is 2.14 Å². The summed E-state index contributed by atoms with van der Waals surface area (Å²) < 4.78 is -0.229. The van der Waals surface area contributed by atoms with Crippen molar-refractivity contribution in [1.82, 2.24) is 0 Å². The van der Waals surface area contributed by atoms with Gasteiger partial charge < -0.3 is 0 Å². The first-order valence-corrected chi connectivity index (χ1v) is 5.52. The fourth-order valence-corrected chi connectivity index (χ4v) is 2.33. The molecule has 1 aromatic rings. The average molecular weight is 335 g/mol. The summed E-state index contributed by atoms with van der Waals surface area (Å²) in [7, 11) is 0. The molecule has 0 N–H and O–H groups in total. The topological polar surface area (TPSA) is 0 Å². The van der Waals surface area contributed by atoms with Gasteiger partial charge in [0, 0.05) is 5.56 Å². The maximum Gasteiger partial charge on any atom is 0.160 e. The van der Waals surface area contributed by atoms with Crippen LogP contribution in [-0.4, -0.2) is 0 Å². The minimum atomic E-state index is -0.229. The fraction of sp³-hybridized carbons (Fsp3) is 0.200. The Hall–Kier alpha value is 1.14. The van der Waals surface area contributed by atoms with Crippen molar-refractivity contribution in [3.05, 3.63) is 22.4 Å². The highest BCUT2D eigenvalue weighted by molar-refractivity contribution is 9.38. The minimum absolute atomic E-state index is 0.229. The molecular weight excluding hydrogens is 332 g/mol. The lowest BCUT2D eigenvalue weighted by Crippen LogP contribution is -1.92. The van der Waals surface area contributed by atoms with E-state index in [0.717, 1.165) is 0 Å². The molecule has 0 aliphatic rings. The highest BCUT2D eigenvalue weighted by Gasteiger charge is 2.20. The van der Waals surface area contributed by atoms with Crippen LogP contribution in [0.2, 0.25) is 0 Å². The zero-order valence-electron chi connectivity index (χ0n) is 4.27. The summed E-state index contributed by atoms with van der Waals surface area (Å²) in [6.45, 7) is 0. The van der Waals surface area contributed by atoms with Crippen molar-refractivity contribution in [2.24, 2.45) is 0 Å². The molecule has 1 heterocycles. The van der Waals surface area contributed by atoms with Gasteiger partial charge in [-0.3, -0.25) is 0 Å². The van der Waals surface area contributed by atoms with Crippen LogP contribution in [0.5, 0.6) is 0 Å².